The van der Waals surface area contributed by atoms with Gasteiger partial charge in [0.1, 0.15) is 5.82 Å². The van der Waals surface area contributed by atoms with E-state index < -0.39 is 21.8 Å². The Hall–Kier alpha value is -1.22. The van der Waals surface area contributed by atoms with E-state index in [2.05, 4.69) is 4.74 Å². The minimum absolute atomic E-state index is 0. The Bertz CT molecular complexity index is 653. The predicted octanol–water partition coefficient (Wildman–Crippen LogP) is 1.15. The number of piperidine rings is 1. The van der Waals surface area contributed by atoms with Gasteiger partial charge in [-0.25, -0.2) is 17.6 Å². The van der Waals surface area contributed by atoms with Gasteiger partial charge in [-0.15, -0.1) is 12.4 Å². The highest BCUT2D eigenvalue weighted by atomic mass is 35.5. The number of rotatable bonds is 3. The van der Waals surface area contributed by atoms with Gasteiger partial charge in [0.15, 0.2) is 0 Å². The minimum Gasteiger partial charge on any atom is -0.465 e. The van der Waals surface area contributed by atoms with E-state index in [1.165, 1.54) is 4.31 Å². The molecule has 1 aromatic rings. The smallest absolute Gasteiger partial charge is 0.339 e. The molecule has 1 unspecified atom stereocenters. The van der Waals surface area contributed by atoms with Crippen molar-refractivity contribution in [1.82, 2.24) is 4.31 Å². The van der Waals surface area contributed by atoms with Crippen LogP contribution in [0.25, 0.3) is 0 Å². The molecule has 6 nitrogen and oxygen atoms in total. The summed E-state index contributed by atoms with van der Waals surface area (Å²) in [6.07, 6.45) is 1.36. The van der Waals surface area contributed by atoms with Crippen molar-refractivity contribution in [2.75, 3.05) is 20.2 Å². The number of nitrogens with zero attached hydrogens (tertiary/aromatic N) is 1. The molecule has 0 aromatic heterocycles. The summed E-state index contributed by atoms with van der Waals surface area (Å²) in [7, 11) is -2.85. The fourth-order valence-corrected chi connectivity index (χ4v) is 4.05. The van der Waals surface area contributed by atoms with Gasteiger partial charge in [0.05, 0.1) is 17.6 Å². The van der Waals surface area contributed by atoms with Crippen LogP contribution in [0.3, 0.4) is 0 Å². The van der Waals surface area contributed by atoms with Crippen molar-refractivity contribution in [3.8, 4) is 0 Å². The number of hydrogen-bond acceptors (Lipinski definition) is 5. The van der Waals surface area contributed by atoms with Gasteiger partial charge in [-0.2, -0.15) is 4.31 Å². The molecule has 124 valence electrons. The quantitative estimate of drug-likeness (QED) is 0.824. The molecule has 0 saturated carbocycles. The summed E-state index contributed by atoms with van der Waals surface area (Å²) in [5, 5.41) is 0. The van der Waals surface area contributed by atoms with Crippen molar-refractivity contribution in [2.45, 2.75) is 23.8 Å². The summed E-state index contributed by atoms with van der Waals surface area (Å²) in [5.41, 5.74) is 5.60. The molecule has 1 aliphatic rings. The summed E-state index contributed by atoms with van der Waals surface area (Å²) >= 11 is 0. The lowest BCUT2D eigenvalue weighted by molar-refractivity contribution is 0.0596. The number of hydrogen-bond donors (Lipinski definition) is 1. The minimum atomic E-state index is -3.99. The molecule has 1 aliphatic heterocycles. The van der Waals surface area contributed by atoms with Gasteiger partial charge in [0.2, 0.25) is 10.0 Å². The van der Waals surface area contributed by atoms with Crippen molar-refractivity contribution in [1.29, 1.82) is 0 Å². The molecular formula is C13H18ClFN2O4S. The van der Waals surface area contributed by atoms with E-state index in [0.29, 0.717) is 13.0 Å². The molecule has 1 fully saturated rings. The van der Waals surface area contributed by atoms with Crippen LogP contribution in [0.2, 0.25) is 0 Å². The second-order valence-corrected chi connectivity index (χ2v) is 6.80. The Morgan fingerprint density at radius 1 is 1.45 bits per heavy atom. The van der Waals surface area contributed by atoms with Crippen molar-refractivity contribution in [3.63, 3.8) is 0 Å². The van der Waals surface area contributed by atoms with Crippen LogP contribution in [0.4, 0.5) is 4.39 Å². The molecule has 0 radical (unpaired) electrons. The third-order valence-electron chi connectivity index (χ3n) is 3.39. The first-order valence-electron chi connectivity index (χ1n) is 6.50. The number of esters is 1. The van der Waals surface area contributed by atoms with Crippen LogP contribution in [0.1, 0.15) is 23.2 Å². The van der Waals surface area contributed by atoms with E-state index in [9.17, 15) is 17.6 Å². The lowest BCUT2D eigenvalue weighted by Crippen LogP contribution is -2.45. The Morgan fingerprint density at radius 2 is 2.14 bits per heavy atom. The molecule has 1 heterocycles. The van der Waals surface area contributed by atoms with Crippen molar-refractivity contribution in [3.05, 3.63) is 29.6 Å². The average Bonchev–Trinajstić information content (AvgIpc) is 2.46. The van der Waals surface area contributed by atoms with Crippen LogP contribution in [0.5, 0.6) is 0 Å². The Labute approximate surface area is 134 Å². The summed E-state index contributed by atoms with van der Waals surface area (Å²) in [4.78, 5) is 11.3. The Kier molecular flexibility index (Phi) is 6.30. The number of nitrogens with two attached hydrogens (primary N) is 1. The molecule has 1 aromatic carbocycles. The SMILES string of the molecule is COC(=O)c1ccc(F)cc1S(=O)(=O)N1CCCC(N)C1.Cl. The lowest BCUT2D eigenvalue weighted by atomic mass is 10.1. The maximum atomic E-state index is 13.4. The zero-order valence-corrected chi connectivity index (χ0v) is 13.6. The molecule has 22 heavy (non-hydrogen) atoms. The number of halogens is 2. The van der Waals surface area contributed by atoms with Crippen LogP contribution in [0, 0.1) is 5.82 Å². The topological polar surface area (TPSA) is 89.7 Å². The number of sulfonamides is 1. The van der Waals surface area contributed by atoms with Gasteiger partial charge >= 0.3 is 5.97 Å². The Balaban J connectivity index is 0.00000242. The molecule has 1 atom stereocenters. The Morgan fingerprint density at radius 3 is 2.73 bits per heavy atom. The number of carbonyl (C=O) groups excluding carboxylic acids is 1. The number of benzene rings is 1. The molecule has 9 heteroatoms. The third kappa shape index (κ3) is 3.75. The molecule has 0 aliphatic carbocycles. The van der Waals surface area contributed by atoms with E-state index in [1.807, 2.05) is 0 Å². The molecule has 1 saturated heterocycles. The van der Waals surface area contributed by atoms with E-state index in [-0.39, 0.29) is 35.5 Å². The predicted molar refractivity (Wildman–Crippen MR) is 81.0 cm³/mol. The number of carbonyl (C=O) groups is 1. The summed E-state index contributed by atoms with van der Waals surface area (Å²) in [5.74, 6) is -1.56. The molecule has 0 amide bonds. The maximum absolute atomic E-state index is 13.4. The summed E-state index contributed by atoms with van der Waals surface area (Å²) < 4.78 is 44.4. The first-order valence-corrected chi connectivity index (χ1v) is 7.94. The van der Waals surface area contributed by atoms with Crippen molar-refractivity contribution >= 4 is 28.4 Å². The molecule has 0 spiro atoms. The van der Waals surface area contributed by atoms with Gasteiger partial charge in [-0.1, -0.05) is 0 Å². The second kappa shape index (κ2) is 7.36. The molecule has 2 rings (SSSR count). The standard InChI is InChI=1S/C13H17FN2O4S.ClH/c1-20-13(17)11-5-4-9(14)7-12(11)21(18,19)16-6-2-3-10(15)8-16;/h4-5,7,10H,2-3,6,8,15H2,1H3;1H. The van der Waals surface area contributed by atoms with Gasteiger partial charge < -0.3 is 10.5 Å². The highest BCUT2D eigenvalue weighted by Gasteiger charge is 2.32. The van der Waals surface area contributed by atoms with Crippen molar-refractivity contribution in [2.24, 2.45) is 5.73 Å². The average molecular weight is 353 g/mol. The van der Waals surface area contributed by atoms with E-state index in [1.54, 1.807) is 0 Å². The highest BCUT2D eigenvalue weighted by molar-refractivity contribution is 7.89. The second-order valence-electron chi connectivity index (χ2n) is 4.90. The monoisotopic (exact) mass is 352 g/mol. The fraction of sp³-hybridized carbons (Fsp3) is 0.462. The lowest BCUT2D eigenvalue weighted by Gasteiger charge is -2.30. The zero-order chi connectivity index (χ0) is 15.6. The normalized spacial score (nSPS) is 19.3. The van der Waals surface area contributed by atoms with Crippen LogP contribution in [0.15, 0.2) is 23.1 Å². The summed E-state index contributed by atoms with van der Waals surface area (Å²) in [6, 6.07) is 2.70. The fourth-order valence-electron chi connectivity index (χ4n) is 2.32. The van der Waals surface area contributed by atoms with Gasteiger partial charge in [-0.3, -0.25) is 0 Å². The van der Waals surface area contributed by atoms with Crippen molar-refractivity contribution < 1.29 is 22.3 Å². The van der Waals surface area contributed by atoms with Gasteiger partial charge in [0, 0.05) is 19.1 Å². The first-order chi connectivity index (χ1) is 9.86. The van der Waals surface area contributed by atoms with E-state index >= 15 is 0 Å². The number of methoxy groups -OCH3 is 1. The zero-order valence-electron chi connectivity index (χ0n) is 12.0. The summed E-state index contributed by atoms with van der Waals surface area (Å²) in [6.45, 7) is 0.451. The van der Waals surface area contributed by atoms with E-state index in [0.717, 1.165) is 31.7 Å². The van der Waals surface area contributed by atoms with Gasteiger partial charge in [0.25, 0.3) is 0 Å². The molecule has 2 N–H and O–H groups in total. The van der Waals surface area contributed by atoms with Gasteiger partial charge in [-0.05, 0) is 31.0 Å². The van der Waals surface area contributed by atoms with Crippen LogP contribution in [-0.4, -0.2) is 44.9 Å². The number of ether oxygens (including phenoxy) is 1. The molecule has 0 bridgehead atoms. The third-order valence-corrected chi connectivity index (χ3v) is 5.29. The largest absolute Gasteiger partial charge is 0.465 e. The first kappa shape index (κ1) is 18.8. The van der Waals surface area contributed by atoms with Crippen LogP contribution >= 0.6 is 12.4 Å². The van der Waals surface area contributed by atoms with Crippen LogP contribution in [-0.2, 0) is 14.8 Å². The van der Waals surface area contributed by atoms with E-state index in [4.69, 9.17) is 5.73 Å². The highest BCUT2D eigenvalue weighted by Crippen LogP contribution is 2.24. The van der Waals surface area contributed by atoms with Crippen LogP contribution < -0.4 is 5.73 Å². The molecular weight excluding hydrogens is 335 g/mol. The maximum Gasteiger partial charge on any atom is 0.339 e.